The van der Waals surface area contributed by atoms with Gasteiger partial charge in [0.15, 0.2) is 11.5 Å². The highest BCUT2D eigenvalue weighted by Crippen LogP contribution is 2.35. The Bertz CT molecular complexity index is 784. The van der Waals surface area contributed by atoms with E-state index in [4.69, 9.17) is 15.2 Å². The number of nitrogens with zero attached hydrogens (tertiary/aromatic N) is 1. The van der Waals surface area contributed by atoms with E-state index in [1.165, 1.54) is 4.90 Å². The lowest BCUT2D eigenvalue weighted by molar-refractivity contribution is 0.0587. The van der Waals surface area contributed by atoms with Gasteiger partial charge in [0.1, 0.15) is 0 Å². The van der Waals surface area contributed by atoms with Gasteiger partial charge >= 0.3 is 0 Å². The number of hydrogen-bond donors (Lipinski definition) is 1. The van der Waals surface area contributed by atoms with Gasteiger partial charge < -0.3 is 15.2 Å². The second-order valence-electron chi connectivity index (χ2n) is 5.62. The number of methoxy groups -OCH3 is 1. The molecule has 1 unspecified atom stereocenters. The Kier molecular flexibility index (Phi) is 4.72. The fourth-order valence-corrected chi connectivity index (χ4v) is 3.05. The van der Waals surface area contributed by atoms with Crippen LogP contribution in [-0.4, -0.2) is 37.0 Å². The average Bonchev–Trinajstić information content (AvgIpc) is 2.89. The van der Waals surface area contributed by atoms with Gasteiger partial charge in [-0.3, -0.25) is 14.5 Å². The smallest absolute Gasteiger partial charge is 0.262 e. The van der Waals surface area contributed by atoms with Crippen molar-refractivity contribution in [3.05, 3.63) is 59.2 Å². The zero-order valence-electron chi connectivity index (χ0n) is 14.2. The zero-order valence-corrected chi connectivity index (χ0v) is 14.2. The lowest BCUT2D eigenvalue weighted by Gasteiger charge is -2.26. The van der Waals surface area contributed by atoms with Crippen LogP contribution in [0.15, 0.2) is 42.5 Å². The van der Waals surface area contributed by atoms with Gasteiger partial charge in [-0.15, -0.1) is 0 Å². The summed E-state index contributed by atoms with van der Waals surface area (Å²) in [6.07, 6.45) is 0. The fraction of sp³-hybridized carbons (Fsp3) is 0.263. The van der Waals surface area contributed by atoms with Gasteiger partial charge in [0.25, 0.3) is 11.8 Å². The third-order valence-electron chi connectivity index (χ3n) is 4.23. The summed E-state index contributed by atoms with van der Waals surface area (Å²) in [6.45, 7) is 2.46. The topological polar surface area (TPSA) is 81.9 Å². The van der Waals surface area contributed by atoms with E-state index in [-0.39, 0.29) is 18.4 Å². The third kappa shape index (κ3) is 2.85. The molecule has 6 heteroatoms. The van der Waals surface area contributed by atoms with Crippen LogP contribution in [-0.2, 0) is 0 Å². The highest BCUT2D eigenvalue weighted by Gasteiger charge is 2.40. The third-order valence-corrected chi connectivity index (χ3v) is 4.23. The maximum atomic E-state index is 12.7. The first-order chi connectivity index (χ1) is 12.1. The Hall–Kier alpha value is -2.86. The van der Waals surface area contributed by atoms with Gasteiger partial charge in [0, 0.05) is 6.54 Å². The molecule has 1 aliphatic rings. The van der Waals surface area contributed by atoms with Crippen LogP contribution in [0, 0.1) is 0 Å². The summed E-state index contributed by atoms with van der Waals surface area (Å²) in [5.41, 5.74) is 7.46. The quantitative estimate of drug-likeness (QED) is 0.817. The molecule has 2 amide bonds. The largest absolute Gasteiger partial charge is 0.493 e. The van der Waals surface area contributed by atoms with E-state index >= 15 is 0 Å². The second kappa shape index (κ2) is 6.94. The maximum Gasteiger partial charge on any atom is 0.262 e. The van der Waals surface area contributed by atoms with E-state index in [0.29, 0.717) is 29.2 Å². The molecule has 0 saturated heterocycles. The SMILES string of the molecule is CCOc1cc(C(CN)N2C(=O)c3ccccc3C2=O)ccc1OC. The number of rotatable bonds is 6. The predicted octanol–water partition coefficient (Wildman–Crippen LogP) is 2.39. The highest BCUT2D eigenvalue weighted by molar-refractivity contribution is 6.21. The Labute approximate surface area is 146 Å². The molecule has 6 nitrogen and oxygen atoms in total. The van der Waals surface area contributed by atoms with Crippen molar-refractivity contribution in [2.75, 3.05) is 20.3 Å². The van der Waals surface area contributed by atoms with Gasteiger partial charge in [-0.1, -0.05) is 18.2 Å². The molecular weight excluding hydrogens is 320 g/mol. The standard InChI is InChI=1S/C19H20N2O4/c1-3-25-17-10-12(8-9-16(17)24-2)15(11-20)21-18(22)13-6-4-5-7-14(13)19(21)23/h4-10,15H,3,11,20H2,1-2H3. The van der Waals surface area contributed by atoms with E-state index in [0.717, 1.165) is 5.56 Å². The molecule has 25 heavy (non-hydrogen) atoms. The fourth-order valence-electron chi connectivity index (χ4n) is 3.05. The Morgan fingerprint density at radius 3 is 2.20 bits per heavy atom. The molecule has 0 radical (unpaired) electrons. The molecule has 3 rings (SSSR count). The number of carbonyl (C=O) groups is 2. The van der Waals surface area contributed by atoms with Crippen molar-refractivity contribution >= 4 is 11.8 Å². The van der Waals surface area contributed by atoms with E-state index in [9.17, 15) is 9.59 Å². The van der Waals surface area contributed by atoms with Crippen LogP contribution in [0.25, 0.3) is 0 Å². The molecule has 1 aliphatic heterocycles. The van der Waals surface area contributed by atoms with E-state index in [1.807, 2.05) is 6.92 Å². The molecule has 0 saturated carbocycles. The van der Waals surface area contributed by atoms with Crippen LogP contribution in [0.4, 0.5) is 0 Å². The number of carbonyl (C=O) groups excluding carboxylic acids is 2. The van der Waals surface area contributed by atoms with Crippen LogP contribution in [0.3, 0.4) is 0 Å². The van der Waals surface area contributed by atoms with Gasteiger partial charge in [0.05, 0.1) is 30.9 Å². The zero-order chi connectivity index (χ0) is 18.0. The van der Waals surface area contributed by atoms with Gasteiger partial charge in [-0.05, 0) is 36.8 Å². The minimum absolute atomic E-state index is 0.114. The summed E-state index contributed by atoms with van der Waals surface area (Å²) in [5.74, 6) is 0.482. The summed E-state index contributed by atoms with van der Waals surface area (Å²) in [6, 6.07) is 11.5. The Morgan fingerprint density at radius 1 is 1.04 bits per heavy atom. The number of benzene rings is 2. The summed E-state index contributed by atoms with van der Waals surface area (Å²) in [7, 11) is 1.56. The summed E-state index contributed by atoms with van der Waals surface area (Å²) in [4.78, 5) is 26.6. The van der Waals surface area contributed by atoms with Crippen molar-refractivity contribution < 1.29 is 19.1 Å². The van der Waals surface area contributed by atoms with Crippen molar-refractivity contribution in [3.8, 4) is 11.5 Å². The summed E-state index contributed by atoms with van der Waals surface area (Å²) >= 11 is 0. The number of nitrogens with two attached hydrogens (primary N) is 1. The van der Waals surface area contributed by atoms with Gasteiger partial charge in [-0.2, -0.15) is 0 Å². The molecule has 2 aromatic carbocycles. The average molecular weight is 340 g/mol. The van der Waals surface area contributed by atoms with Crippen LogP contribution in [0.5, 0.6) is 11.5 Å². The number of hydrogen-bond acceptors (Lipinski definition) is 5. The molecule has 0 aliphatic carbocycles. The van der Waals surface area contributed by atoms with E-state index < -0.39 is 6.04 Å². The lowest BCUT2D eigenvalue weighted by Crippen LogP contribution is -2.38. The van der Waals surface area contributed by atoms with Crippen LogP contribution in [0.1, 0.15) is 39.2 Å². The molecule has 0 spiro atoms. The van der Waals surface area contributed by atoms with Crippen LogP contribution >= 0.6 is 0 Å². The maximum absolute atomic E-state index is 12.7. The van der Waals surface area contributed by atoms with Crippen LogP contribution < -0.4 is 15.2 Å². The molecule has 0 bridgehead atoms. The summed E-state index contributed by atoms with van der Waals surface area (Å²) in [5, 5.41) is 0. The lowest BCUT2D eigenvalue weighted by atomic mass is 10.0. The molecule has 130 valence electrons. The first kappa shape index (κ1) is 17.0. The Morgan fingerprint density at radius 2 is 1.68 bits per heavy atom. The monoisotopic (exact) mass is 340 g/mol. The molecule has 2 N–H and O–H groups in total. The van der Waals surface area contributed by atoms with Gasteiger partial charge in [-0.25, -0.2) is 0 Å². The van der Waals surface area contributed by atoms with Crippen molar-refractivity contribution in [1.82, 2.24) is 4.90 Å². The van der Waals surface area contributed by atoms with Gasteiger partial charge in [0.2, 0.25) is 0 Å². The number of amides is 2. The van der Waals surface area contributed by atoms with Crippen molar-refractivity contribution in [3.63, 3.8) is 0 Å². The molecule has 1 atom stereocenters. The molecule has 0 fully saturated rings. The Balaban J connectivity index is 2.00. The van der Waals surface area contributed by atoms with Crippen molar-refractivity contribution in [2.24, 2.45) is 5.73 Å². The summed E-state index contributed by atoms with van der Waals surface area (Å²) < 4.78 is 10.9. The highest BCUT2D eigenvalue weighted by atomic mass is 16.5. The number of ether oxygens (including phenoxy) is 2. The number of imide groups is 1. The predicted molar refractivity (Wildman–Crippen MR) is 92.9 cm³/mol. The first-order valence-corrected chi connectivity index (χ1v) is 8.10. The normalized spacial score (nSPS) is 14.4. The minimum Gasteiger partial charge on any atom is -0.493 e. The van der Waals surface area contributed by atoms with E-state index in [1.54, 1.807) is 49.6 Å². The van der Waals surface area contributed by atoms with Crippen molar-refractivity contribution in [1.29, 1.82) is 0 Å². The van der Waals surface area contributed by atoms with Crippen molar-refractivity contribution in [2.45, 2.75) is 13.0 Å². The molecule has 1 heterocycles. The van der Waals surface area contributed by atoms with Crippen LogP contribution in [0.2, 0.25) is 0 Å². The molecule has 2 aromatic rings. The molecular formula is C19H20N2O4. The molecule has 0 aromatic heterocycles. The second-order valence-corrected chi connectivity index (χ2v) is 5.62. The van der Waals surface area contributed by atoms with E-state index in [2.05, 4.69) is 0 Å². The number of fused-ring (bicyclic) bond motifs is 1. The minimum atomic E-state index is -0.572. The first-order valence-electron chi connectivity index (χ1n) is 8.10.